The van der Waals surface area contributed by atoms with E-state index in [2.05, 4.69) is 0 Å². The highest BCUT2D eigenvalue weighted by atomic mass is 35.5. The fourth-order valence-corrected chi connectivity index (χ4v) is 2.83. The molecule has 0 saturated heterocycles. The summed E-state index contributed by atoms with van der Waals surface area (Å²) in [6.07, 6.45) is 0. The second-order valence-electron chi connectivity index (χ2n) is 3.98. The van der Waals surface area contributed by atoms with Gasteiger partial charge >= 0.3 is 5.97 Å². The number of aromatic carboxylic acids is 1. The fraction of sp³-hybridized carbons (Fsp3) is 0.0714. The Labute approximate surface area is 129 Å². The molecule has 6 heteroatoms. The molecule has 20 heavy (non-hydrogen) atoms. The van der Waals surface area contributed by atoms with Crippen LogP contribution in [0.3, 0.4) is 0 Å². The molecule has 0 bridgehead atoms. The molecule has 0 aromatic heterocycles. The number of rotatable bonds is 4. The maximum Gasteiger partial charge on any atom is 0.337 e. The number of thioether (sulfide) groups is 1. The first-order chi connectivity index (χ1) is 9.47. The minimum absolute atomic E-state index is 0.0637. The van der Waals surface area contributed by atoms with Gasteiger partial charge in [-0.05, 0) is 35.9 Å². The zero-order valence-electron chi connectivity index (χ0n) is 10.1. The van der Waals surface area contributed by atoms with Gasteiger partial charge in [0.15, 0.2) is 0 Å². The Morgan fingerprint density at radius 3 is 2.55 bits per heavy atom. The van der Waals surface area contributed by atoms with E-state index in [4.69, 9.17) is 28.3 Å². The highest BCUT2D eigenvalue weighted by Crippen LogP contribution is 2.28. The van der Waals surface area contributed by atoms with Crippen LogP contribution in [0.5, 0.6) is 0 Å². The van der Waals surface area contributed by atoms with Crippen LogP contribution in [0.1, 0.15) is 15.9 Å². The summed E-state index contributed by atoms with van der Waals surface area (Å²) >= 11 is 12.9. The Morgan fingerprint density at radius 1 is 1.15 bits per heavy atom. The number of benzene rings is 2. The first-order valence-corrected chi connectivity index (χ1v) is 7.31. The van der Waals surface area contributed by atoms with E-state index in [0.29, 0.717) is 5.75 Å². The lowest BCUT2D eigenvalue weighted by molar-refractivity contribution is 0.0697. The topological polar surface area (TPSA) is 37.3 Å². The molecule has 0 saturated carbocycles. The highest BCUT2D eigenvalue weighted by Gasteiger charge is 2.10. The summed E-state index contributed by atoms with van der Waals surface area (Å²) in [5.41, 5.74) is 0.919. The van der Waals surface area contributed by atoms with Gasteiger partial charge in [-0.15, -0.1) is 11.8 Å². The molecular formula is C14H9Cl2FO2S. The molecule has 1 N–H and O–H groups in total. The van der Waals surface area contributed by atoms with Gasteiger partial charge in [-0.2, -0.15) is 0 Å². The van der Waals surface area contributed by atoms with E-state index in [1.807, 2.05) is 0 Å². The summed E-state index contributed by atoms with van der Waals surface area (Å²) < 4.78 is 13.0. The van der Waals surface area contributed by atoms with E-state index in [9.17, 15) is 9.18 Å². The molecule has 2 rings (SSSR count). The first kappa shape index (κ1) is 15.2. The molecule has 2 aromatic rings. The molecule has 0 spiro atoms. The smallest absolute Gasteiger partial charge is 0.337 e. The summed E-state index contributed by atoms with van der Waals surface area (Å²) in [6.45, 7) is 0. The van der Waals surface area contributed by atoms with Crippen LogP contribution in [-0.4, -0.2) is 11.1 Å². The predicted octanol–water partition coefficient (Wildman–Crippen LogP) is 5.12. The molecule has 0 atom stereocenters. The van der Waals surface area contributed by atoms with Crippen molar-refractivity contribution in [2.45, 2.75) is 10.6 Å². The zero-order valence-corrected chi connectivity index (χ0v) is 12.4. The molecular weight excluding hydrogens is 322 g/mol. The molecule has 0 unspecified atom stereocenters. The average Bonchev–Trinajstić information content (AvgIpc) is 2.41. The van der Waals surface area contributed by atoms with E-state index in [0.717, 1.165) is 10.5 Å². The highest BCUT2D eigenvalue weighted by molar-refractivity contribution is 7.98. The quantitative estimate of drug-likeness (QED) is 0.790. The second kappa shape index (κ2) is 6.48. The third kappa shape index (κ3) is 3.66. The Bertz CT molecular complexity index is 662. The molecule has 0 amide bonds. The number of halogens is 3. The maximum absolute atomic E-state index is 13.0. The Hall–Kier alpha value is -1.23. The predicted molar refractivity (Wildman–Crippen MR) is 79.4 cm³/mol. The molecule has 0 fully saturated rings. The summed E-state index contributed by atoms with van der Waals surface area (Å²) in [5, 5.41) is 9.26. The van der Waals surface area contributed by atoms with Crippen molar-refractivity contribution in [1.29, 1.82) is 0 Å². The number of hydrogen-bond donors (Lipinski definition) is 1. The van der Waals surface area contributed by atoms with Crippen LogP contribution in [0, 0.1) is 5.82 Å². The summed E-state index contributed by atoms with van der Waals surface area (Å²) in [5.74, 6) is -0.969. The lowest BCUT2D eigenvalue weighted by Gasteiger charge is -2.05. The van der Waals surface area contributed by atoms with Crippen molar-refractivity contribution in [2.75, 3.05) is 0 Å². The van der Waals surface area contributed by atoms with Crippen LogP contribution < -0.4 is 0 Å². The Balaban J connectivity index is 2.12. The minimum atomic E-state index is -1.07. The van der Waals surface area contributed by atoms with Crippen molar-refractivity contribution in [2.24, 2.45) is 0 Å². The van der Waals surface area contributed by atoms with E-state index in [-0.39, 0.29) is 15.6 Å². The lowest BCUT2D eigenvalue weighted by Crippen LogP contribution is -1.97. The minimum Gasteiger partial charge on any atom is -0.478 e. The second-order valence-corrected chi connectivity index (χ2v) is 5.85. The van der Waals surface area contributed by atoms with Crippen LogP contribution >= 0.6 is 35.0 Å². The monoisotopic (exact) mass is 330 g/mol. The Kier molecular flexibility index (Phi) is 4.91. The van der Waals surface area contributed by atoms with E-state index >= 15 is 0 Å². The number of carboxylic acids is 1. The third-order valence-electron chi connectivity index (χ3n) is 2.56. The van der Waals surface area contributed by atoms with Crippen molar-refractivity contribution in [3.8, 4) is 0 Å². The largest absolute Gasteiger partial charge is 0.478 e. The van der Waals surface area contributed by atoms with E-state index in [1.165, 1.54) is 23.9 Å². The van der Waals surface area contributed by atoms with Crippen LogP contribution in [-0.2, 0) is 5.75 Å². The van der Waals surface area contributed by atoms with Crippen LogP contribution in [0.25, 0.3) is 0 Å². The SMILES string of the molecule is O=C(O)c1cc(SCc2ccc(F)c(Cl)c2)ccc1Cl. The van der Waals surface area contributed by atoms with Gasteiger partial charge < -0.3 is 5.11 Å². The van der Waals surface area contributed by atoms with E-state index in [1.54, 1.807) is 24.3 Å². The molecule has 0 aliphatic heterocycles. The standard InChI is InChI=1S/C14H9Cl2FO2S/c15-11-3-2-9(6-10(11)14(18)19)20-7-8-1-4-13(17)12(16)5-8/h1-6H,7H2,(H,18,19). The molecule has 2 nitrogen and oxygen atoms in total. The van der Waals surface area contributed by atoms with Gasteiger partial charge in [0.2, 0.25) is 0 Å². The van der Waals surface area contributed by atoms with Gasteiger partial charge in [0.25, 0.3) is 0 Å². The van der Waals surface area contributed by atoms with Crippen molar-refractivity contribution in [3.63, 3.8) is 0 Å². The zero-order chi connectivity index (χ0) is 14.7. The molecule has 104 valence electrons. The van der Waals surface area contributed by atoms with Crippen LogP contribution in [0.4, 0.5) is 4.39 Å². The van der Waals surface area contributed by atoms with Gasteiger partial charge in [0, 0.05) is 10.6 Å². The molecule has 0 radical (unpaired) electrons. The normalized spacial score (nSPS) is 10.6. The average molecular weight is 331 g/mol. The molecule has 0 heterocycles. The maximum atomic E-state index is 13.0. The van der Waals surface area contributed by atoms with Gasteiger partial charge in [0.05, 0.1) is 15.6 Å². The number of hydrogen-bond acceptors (Lipinski definition) is 2. The number of carboxylic acid groups (broad SMARTS) is 1. The summed E-state index contributed by atoms with van der Waals surface area (Å²) in [4.78, 5) is 11.7. The molecule has 2 aromatic carbocycles. The third-order valence-corrected chi connectivity index (χ3v) is 4.24. The van der Waals surface area contributed by atoms with Crippen molar-refractivity contribution < 1.29 is 14.3 Å². The van der Waals surface area contributed by atoms with E-state index < -0.39 is 11.8 Å². The van der Waals surface area contributed by atoms with Gasteiger partial charge in [-0.1, -0.05) is 29.3 Å². The summed E-state index contributed by atoms with van der Waals surface area (Å²) in [7, 11) is 0. The lowest BCUT2D eigenvalue weighted by atomic mass is 10.2. The van der Waals surface area contributed by atoms with Gasteiger partial charge in [-0.25, -0.2) is 9.18 Å². The molecule has 0 aliphatic rings. The Morgan fingerprint density at radius 2 is 1.90 bits per heavy atom. The van der Waals surface area contributed by atoms with Gasteiger partial charge in [-0.3, -0.25) is 0 Å². The molecule has 0 aliphatic carbocycles. The van der Waals surface area contributed by atoms with Crippen molar-refractivity contribution >= 4 is 40.9 Å². The summed E-state index contributed by atoms with van der Waals surface area (Å²) in [6, 6.07) is 9.30. The first-order valence-electron chi connectivity index (χ1n) is 5.57. The fourth-order valence-electron chi connectivity index (χ4n) is 1.55. The number of carbonyl (C=O) groups is 1. The van der Waals surface area contributed by atoms with Crippen molar-refractivity contribution in [1.82, 2.24) is 0 Å². The van der Waals surface area contributed by atoms with Gasteiger partial charge in [0.1, 0.15) is 5.82 Å². The van der Waals surface area contributed by atoms with Crippen LogP contribution in [0.15, 0.2) is 41.3 Å². The van der Waals surface area contributed by atoms with Crippen LogP contribution in [0.2, 0.25) is 10.0 Å². The van der Waals surface area contributed by atoms with Crippen molar-refractivity contribution in [3.05, 3.63) is 63.4 Å².